The number of anilines is 1. The second-order valence-corrected chi connectivity index (χ2v) is 8.88. The van der Waals surface area contributed by atoms with E-state index in [1.807, 2.05) is 4.90 Å². The molecule has 0 N–H and O–H groups in total. The van der Waals surface area contributed by atoms with E-state index in [9.17, 15) is 24.5 Å². The summed E-state index contributed by atoms with van der Waals surface area (Å²) in [5, 5.41) is 11.6. The summed E-state index contributed by atoms with van der Waals surface area (Å²) in [5.74, 6) is -2.54. The van der Waals surface area contributed by atoms with Gasteiger partial charge in [-0.3, -0.25) is 29.4 Å². The standard InChI is InChI=1S/C23H20ClN3O6/c1-33-17-11-14(27(31)32)8-9-15(17)26-22(29)18-16-3-2-10-25(16)20(19(18)23(26)30)21(28)12-4-6-13(24)7-5-12/h4-9,11,16,18-20H,2-3,10H2,1H3/t16-,18-,19+,20+/m1/s1. The number of hydrogen-bond donors (Lipinski definition) is 0. The van der Waals surface area contributed by atoms with Crippen LogP contribution in [-0.4, -0.2) is 53.2 Å². The monoisotopic (exact) mass is 469 g/mol. The highest BCUT2D eigenvalue weighted by atomic mass is 35.5. The van der Waals surface area contributed by atoms with Crippen molar-refractivity contribution < 1.29 is 24.0 Å². The van der Waals surface area contributed by atoms with E-state index in [-0.39, 0.29) is 28.9 Å². The smallest absolute Gasteiger partial charge is 0.273 e. The van der Waals surface area contributed by atoms with Crippen molar-refractivity contribution in [3.05, 3.63) is 63.2 Å². The molecule has 0 aromatic heterocycles. The maximum atomic E-state index is 13.6. The number of ketones is 1. The first-order valence-electron chi connectivity index (χ1n) is 10.6. The molecule has 0 aliphatic carbocycles. The molecule has 2 aromatic carbocycles. The molecule has 5 rings (SSSR count). The second-order valence-electron chi connectivity index (χ2n) is 8.44. The fraction of sp³-hybridized carbons (Fsp3) is 0.348. The van der Waals surface area contributed by atoms with Gasteiger partial charge in [0.1, 0.15) is 5.75 Å². The summed E-state index contributed by atoms with van der Waals surface area (Å²) >= 11 is 5.96. The van der Waals surface area contributed by atoms with Crippen molar-refractivity contribution in [3.63, 3.8) is 0 Å². The minimum absolute atomic E-state index is 0.0507. The van der Waals surface area contributed by atoms with E-state index >= 15 is 0 Å². The number of ether oxygens (including phenoxy) is 1. The number of methoxy groups -OCH3 is 1. The number of carbonyl (C=O) groups excluding carboxylic acids is 3. The maximum absolute atomic E-state index is 13.6. The van der Waals surface area contributed by atoms with Crippen molar-refractivity contribution in [2.75, 3.05) is 18.6 Å². The van der Waals surface area contributed by atoms with Crippen molar-refractivity contribution >= 4 is 40.6 Å². The summed E-state index contributed by atoms with van der Waals surface area (Å²) in [6.45, 7) is 0.642. The predicted octanol–water partition coefficient (Wildman–Crippen LogP) is 3.09. The van der Waals surface area contributed by atoms with Gasteiger partial charge in [0.05, 0.1) is 41.7 Å². The Kier molecular flexibility index (Phi) is 5.18. The number of amides is 2. The first-order chi connectivity index (χ1) is 15.8. The maximum Gasteiger partial charge on any atom is 0.273 e. The van der Waals surface area contributed by atoms with Gasteiger partial charge in [-0.05, 0) is 49.7 Å². The molecule has 170 valence electrons. The molecule has 3 heterocycles. The number of fused-ring (bicyclic) bond motifs is 3. The summed E-state index contributed by atoms with van der Waals surface area (Å²) in [7, 11) is 1.32. The van der Waals surface area contributed by atoms with Crippen molar-refractivity contribution in [2.45, 2.75) is 24.9 Å². The number of imide groups is 1. The van der Waals surface area contributed by atoms with Crippen LogP contribution in [-0.2, 0) is 9.59 Å². The van der Waals surface area contributed by atoms with Gasteiger partial charge in [0.2, 0.25) is 11.8 Å². The van der Waals surface area contributed by atoms with E-state index in [0.29, 0.717) is 17.1 Å². The number of halogens is 1. The topological polar surface area (TPSA) is 110 Å². The van der Waals surface area contributed by atoms with Gasteiger partial charge in [0, 0.05) is 22.7 Å². The van der Waals surface area contributed by atoms with Crippen molar-refractivity contribution in [3.8, 4) is 5.75 Å². The quantitative estimate of drug-likeness (QED) is 0.286. The number of hydrogen-bond acceptors (Lipinski definition) is 7. The lowest BCUT2D eigenvalue weighted by Gasteiger charge is -2.28. The molecule has 4 atom stereocenters. The number of nitro benzene ring substituents is 1. The molecule has 9 nitrogen and oxygen atoms in total. The molecule has 3 fully saturated rings. The van der Waals surface area contributed by atoms with Crippen molar-refractivity contribution in [1.82, 2.24) is 4.90 Å². The molecule has 0 spiro atoms. The summed E-state index contributed by atoms with van der Waals surface area (Å²) in [4.78, 5) is 54.3. The SMILES string of the molecule is COc1cc([N+](=O)[O-])ccc1N1C(=O)[C@H]2[C@H](C1=O)[C@@H](C(=O)c1ccc(Cl)cc1)N1CCC[C@H]21. The van der Waals surface area contributed by atoms with Crippen LogP contribution in [0.3, 0.4) is 0 Å². The van der Waals surface area contributed by atoms with Crippen LogP contribution < -0.4 is 9.64 Å². The lowest BCUT2D eigenvalue weighted by molar-refractivity contribution is -0.384. The minimum Gasteiger partial charge on any atom is -0.494 e. The fourth-order valence-electron chi connectivity index (χ4n) is 5.50. The summed E-state index contributed by atoms with van der Waals surface area (Å²) < 4.78 is 5.27. The molecule has 0 unspecified atom stereocenters. The van der Waals surface area contributed by atoms with E-state index in [1.54, 1.807) is 24.3 Å². The van der Waals surface area contributed by atoms with Crippen LogP contribution in [0.4, 0.5) is 11.4 Å². The molecule has 3 saturated heterocycles. The van der Waals surface area contributed by atoms with E-state index in [4.69, 9.17) is 16.3 Å². The van der Waals surface area contributed by atoms with E-state index in [1.165, 1.54) is 25.3 Å². The van der Waals surface area contributed by atoms with Gasteiger partial charge < -0.3 is 4.74 Å². The highest BCUT2D eigenvalue weighted by Crippen LogP contribution is 2.49. The van der Waals surface area contributed by atoms with E-state index in [2.05, 4.69) is 0 Å². The molecule has 0 saturated carbocycles. The Labute approximate surface area is 194 Å². The normalized spacial score (nSPS) is 26.4. The van der Waals surface area contributed by atoms with E-state index < -0.39 is 34.6 Å². The van der Waals surface area contributed by atoms with Gasteiger partial charge in [-0.15, -0.1) is 0 Å². The molecule has 33 heavy (non-hydrogen) atoms. The van der Waals surface area contributed by atoms with Crippen LogP contribution in [0.1, 0.15) is 23.2 Å². The molecule has 0 bridgehead atoms. The van der Waals surface area contributed by atoms with Gasteiger partial charge in [-0.25, -0.2) is 4.90 Å². The van der Waals surface area contributed by atoms with Crippen LogP contribution in [0.5, 0.6) is 5.75 Å². The minimum atomic E-state index is -0.828. The third-order valence-electron chi connectivity index (χ3n) is 6.86. The largest absolute Gasteiger partial charge is 0.494 e. The fourth-order valence-corrected chi connectivity index (χ4v) is 5.63. The molecule has 3 aliphatic heterocycles. The highest BCUT2D eigenvalue weighted by Gasteiger charge is 2.65. The average molecular weight is 470 g/mol. The van der Waals surface area contributed by atoms with Crippen LogP contribution in [0.15, 0.2) is 42.5 Å². The van der Waals surface area contributed by atoms with Crippen molar-refractivity contribution in [2.24, 2.45) is 11.8 Å². The summed E-state index contributed by atoms with van der Waals surface area (Å²) in [6.07, 6.45) is 1.55. The summed E-state index contributed by atoms with van der Waals surface area (Å²) in [5.41, 5.74) is 0.365. The van der Waals surface area contributed by atoms with Gasteiger partial charge in [-0.2, -0.15) is 0 Å². The third kappa shape index (κ3) is 3.22. The van der Waals surface area contributed by atoms with Crippen LogP contribution in [0, 0.1) is 22.0 Å². The lowest BCUT2D eigenvalue weighted by Crippen LogP contribution is -2.46. The summed E-state index contributed by atoms with van der Waals surface area (Å²) in [6, 6.07) is 9.29. The molecular formula is C23H20ClN3O6. The molecule has 0 radical (unpaired) electrons. The number of non-ortho nitro benzene ring substituents is 1. The Bertz CT molecular complexity index is 1180. The number of rotatable bonds is 5. The zero-order chi connectivity index (χ0) is 23.4. The first kappa shape index (κ1) is 21.5. The molecular weight excluding hydrogens is 450 g/mol. The Hall–Kier alpha value is -3.30. The number of nitrogens with zero attached hydrogens (tertiary/aromatic N) is 3. The number of Topliss-reactive ketones (excluding diaryl/α,β-unsaturated/α-hetero) is 1. The number of carbonyl (C=O) groups is 3. The second kappa shape index (κ2) is 7.93. The predicted molar refractivity (Wildman–Crippen MR) is 118 cm³/mol. The molecule has 2 aromatic rings. The van der Waals surface area contributed by atoms with Gasteiger partial charge in [0.15, 0.2) is 5.78 Å². The van der Waals surface area contributed by atoms with Crippen LogP contribution in [0.2, 0.25) is 5.02 Å². The van der Waals surface area contributed by atoms with Crippen LogP contribution in [0.25, 0.3) is 0 Å². The third-order valence-corrected chi connectivity index (χ3v) is 7.12. The molecule has 10 heteroatoms. The van der Waals surface area contributed by atoms with E-state index in [0.717, 1.165) is 17.7 Å². The van der Waals surface area contributed by atoms with Crippen LogP contribution >= 0.6 is 11.6 Å². The lowest BCUT2D eigenvalue weighted by atomic mass is 9.85. The average Bonchev–Trinajstić information content (AvgIpc) is 3.45. The molecule has 2 amide bonds. The van der Waals surface area contributed by atoms with Gasteiger partial charge in [-0.1, -0.05) is 11.6 Å². The first-order valence-corrected chi connectivity index (χ1v) is 11.0. The Morgan fingerprint density at radius 2 is 1.82 bits per heavy atom. The highest BCUT2D eigenvalue weighted by molar-refractivity contribution is 6.30. The van der Waals surface area contributed by atoms with Gasteiger partial charge >= 0.3 is 0 Å². The number of benzene rings is 2. The Morgan fingerprint density at radius 3 is 2.48 bits per heavy atom. The Morgan fingerprint density at radius 1 is 1.12 bits per heavy atom. The molecule has 3 aliphatic rings. The zero-order valence-electron chi connectivity index (χ0n) is 17.6. The zero-order valence-corrected chi connectivity index (χ0v) is 18.4. The number of nitro groups is 1. The van der Waals surface area contributed by atoms with Crippen molar-refractivity contribution in [1.29, 1.82) is 0 Å². The Balaban J connectivity index is 1.55. The van der Waals surface area contributed by atoms with Gasteiger partial charge in [0.25, 0.3) is 5.69 Å².